The second-order valence-electron chi connectivity index (χ2n) is 9.02. The highest BCUT2D eigenvalue weighted by atomic mass is 79.9. The van der Waals surface area contributed by atoms with Gasteiger partial charge in [-0.2, -0.15) is 0 Å². The summed E-state index contributed by atoms with van der Waals surface area (Å²) in [4.78, 5) is 19.8. The number of imidazole rings is 1. The minimum atomic E-state index is 0.0548. The molecule has 1 amide bonds. The second kappa shape index (κ2) is 9.63. The van der Waals surface area contributed by atoms with Crippen LogP contribution in [-0.2, 0) is 11.3 Å². The molecule has 4 aromatic rings. The van der Waals surface area contributed by atoms with Crippen molar-refractivity contribution in [2.75, 3.05) is 18.1 Å². The first-order chi connectivity index (χ1) is 16.5. The van der Waals surface area contributed by atoms with Gasteiger partial charge in [-0.25, -0.2) is 4.98 Å². The number of hydrogen-bond donors (Lipinski definition) is 0. The second-order valence-corrected chi connectivity index (χ2v) is 9.94. The third-order valence-electron chi connectivity index (χ3n) is 6.28. The van der Waals surface area contributed by atoms with Gasteiger partial charge in [-0.3, -0.25) is 4.79 Å². The molecule has 3 aromatic carbocycles. The number of aryl methyl sites for hydroxylation is 3. The standard InChI is InChI=1S/C28H28BrN3O2/c1-19-13-20(2)15-24(14-19)34-12-6-11-31-26-10-4-3-9-25(26)30-28(31)21-16-27(33)32(18-21)23-8-5-7-22(29)17-23/h3-5,7-10,13-15,17,21H,6,11-12,16,18H2,1-2H3. The van der Waals surface area contributed by atoms with Crippen LogP contribution in [0.2, 0.25) is 0 Å². The van der Waals surface area contributed by atoms with E-state index in [-0.39, 0.29) is 11.8 Å². The molecule has 0 radical (unpaired) electrons. The molecule has 1 atom stereocenters. The predicted octanol–water partition coefficient (Wildman–Crippen LogP) is 6.41. The van der Waals surface area contributed by atoms with Crippen LogP contribution in [0.5, 0.6) is 5.75 Å². The van der Waals surface area contributed by atoms with Gasteiger partial charge in [0.05, 0.1) is 17.6 Å². The van der Waals surface area contributed by atoms with Crippen molar-refractivity contribution >= 4 is 38.6 Å². The lowest BCUT2D eigenvalue weighted by Gasteiger charge is -2.18. The van der Waals surface area contributed by atoms with Crippen molar-refractivity contribution in [2.45, 2.75) is 39.2 Å². The number of carbonyl (C=O) groups excluding carboxylic acids is 1. The number of anilines is 1. The van der Waals surface area contributed by atoms with E-state index in [0.29, 0.717) is 19.6 Å². The highest BCUT2D eigenvalue weighted by molar-refractivity contribution is 9.10. The number of amides is 1. The summed E-state index contributed by atoms with van der Waals surface area (Å²) in [6.07, 6.45) is 1.32. The van der Waals surface area contributed by atoms with Gasteiger partial charge in [-0.15, -0.1) is 0 Å². The Morgan fingerprint density at radius 1 is 1.03 bits per heavy atom. The van der Waals surface area contributed by atoms with Crippen molar-refractivity contribution in [3.05, 3.63) is 88.2 Å². The fraction of sp³-hybridized carbons (Fsp3) is 0.286. The topological polar surface area (TPSA) is 47.4 Å². The largest absolute Gasteiger partial charge is 0.494 e. The number of halogens is 1. The fourth-order valence-corrected chi connectivity index (χ4v) is 5.23. The van der Waals surface area contributed by atoms with Gasteiger partial charge in [0.2, 0.25) is 5.91 Å². The SMILES string of the molecule is Cc1cc(C)cc(OCCCn2c(C3CC(=O)N(c4cccc(Br)c4)C3)nc3ccccc32)c1. The van der Waals surface area contributed by atoms with Crippen LogP contribution in [0, 0.1) is 13.8 Å². The van der Waals surface area contributed by atoms with Gasteiger partial charge in [-0.05, 0) is 73.9 Å². The smallest absolute Gasteiger partial charge is 0.227 e. The highest BCUT2D eigenvalue weighted by Gasteiger charge is 2.34. The van der Waals surface area contributed by atoms with E-state index < -0.39 is 0 Å². The Hall–Kier alpha value is -3.12. The third kappa shape index (κ3) is 4.73. The number of aromatic nitrogens is 2. The number of para-hydroxylation sites is 2. The maximum absolute atomic E-state index is 12.9. The van der Waals surface area contributed by atoms with Crippen molar-refractivity contribution in [3.63, 3.8) is 0 Å². The molecule has 0 saturated carbocycles. The molecule has 1 fully saturated rings. The zero-order chi connectivity index (χ0) is 23.7. The Balaban J connectivity index is 1.34. The van der Waals surface area contributed by atoms with Gasteiger partial charge in [0, 0.05) is 35.6 Å². The van der Waals surface area contributed by atoms with Crippen LogP contribution < -0.4 is 9.64 Å². The fourth-order valence-electron chi connectivity index (χ4n) is 4.84. The number of fused-ring (bicyclic) bond motifs is 1. The van der Waals surface area contributed by atoms with Gasteiger partial charge in [0.25, 0.3) is 0 Å². The number of rotatable bonds is 7. The molecule has 0 aliphatic carbocycles. The van der Waals surface area contributed by atoms with Crippen molar-refractivity contribution in [1.29, 1.82) is 0 Å². The van der Waals surface area contributed by atoms with Crippen LogP contribution in [0.4, 0.5) is 5.69 Å². The molecule has 5 nitrogen and oxygen atoms in total. The quantitative estimate of drug-likeness (QED) is 0.266. The maximum atomic E-state index is 12.9. The van der Waals surface area contributed by atoms with E-state index in [1.165, 1.54) is 11.1 Å². The van der Waals surface area contributed by atoms with Gasteiger partial charge < -0.3 is 14.2 Å². The van der Waals surface area contributed by atoms with E-state index >= 15 is 0 Å². The lowest BCUT2D eigenvalue weighted by atomic mass is 10.1. The van der Waals surface area contributed by atoms with Gasteiger partial charge >= 0.3 is 0 Å². The Labute approximate surface area is 208 Å². The van der Waals surface area contributed by atoms with E-state index in [0.717, 1.165) is 45.7 Å². The average molecular weight is 518 g/mol. The highest BCUT2D eigenvalue weighted by Crippen LogP contribution is 2.34. The third-order valence-corrected chi connectivity index (χ3v) is 6.78. The Morgan fingerprint density at radius 2 is 1.82 bits per heavy atom. The summed E-state index contributed by atoms with van der Waals surface area (Å²) in [6, 6.07) is 22.4. The molecule has 1 saturated heterocycles. The van der Waals surface area contributed by atoms with Crippen LogP contribution in [-0.4, -0.2) is 28.6 Å². The summed E-state index contributed by atoms with van der Waals surface area (Å²) in [5, 5.41) is 0. The number of hydrogen-bond acceptors (Lipinski definition) is 3. The first-order valence-electron chi connectivity index (χ1n) is 11.7. The monoisotopic (exact) mass is 517 g/mol. The summed E-state index contributed by atoms with van der Waals surface area (Å²) in [5.41, 5.74) is 5.42. The maximum Gasteiger partial charge on any atom is 0.227 e. The minimum Gasteiger partial charge on any atom is -0.494 e. The molecule has 174 valence electrons. The summed E-state index contributed by atoms with van der Waals surface area (Å²) in [5.74, 6) is 2.09. The molecular weight excluding hydrogens is 490 g/mol. The van der Waals surface area contributed by atoms with Crippen molar-refractivity contribution < 1.29 is 9.53 Å². The Morgan fingerprint density at radius 3 is 2.62 bits per heavy atom. The van der Waals surface area contributed by atoms with Crippen molar-refractivity contribution in [3.8, 4) is 5.75 Å². The first-order valence-corrected chi connectivity index (χ1v) is 12.5. The molecular formula is C28H28BrN3O2. The molecule has 0 N–H and O–H groups in total. The number of carbonyl (C=O) groups is 1. The molecule has 1 unspecified atom stereocenters. The van der Waals surface area contributed by atoms with Gasteiger partial charge in [0.1, 0.15) is 11.6 Å². The Bertz CT molecular complexity index is 1330. The van der Waals surface area contributed by atoms with E-state index in [1.54, 1.807) is 0 Å². The molecule has 34 heavy (non-hydrogen) atoms. The summed E-state index contributed by atoms with van der Waals surface area (Å²) >= 11 is 3.52. The van der Waals surface area contributed by atoms with Crippen LogP contribution in [0.15, 0.2) is 71.2 Å². The van der Waals surface area contributed by atoms with E-state index in [4.69, 9.17) is 9.72 Å². The molecule has 1 aliphatic rings. The van der Waals surface area contributed by atoms with Crippen LogP contribution >= 0.6 is 15.9 Å². The number of nitrogens with zero attached hydrogens (tertiary/aromatic N) is 3. The molecule has 5 rings (SSSR count). The molecule has 6 heteroatoms. The molecule has 0 bridgehead atoms. The molecule has 2 heterocycles. The van der Waals surface area contributed by atoms with Crippen LogP contribution in [0.1, 0.15) is 35.7 Å². The number of ether oxygens (including phenoxy) is 1. The van der Waals surface area contributed by atoms with Gasteiger partial charge in [0.15, 0.2) is 0 Å². The molecule has 0 spiro atoms. The average Bonchev–Trinajstić information content (AvgIpc) is 3.36. The lowest BCUT2D eigenvalue weighted by molar-refractivity contribution is -0.117. The predicted molar refractivity (Wildman–Crippen MR) is 140 cm³/mol. The summed E-state index contributed by atoms with van der Waals surface area (Å²) in [7, 11) is 0. The van der Waals surface area contributed by atoms with Crippen LogP contribution in [0.3, 0.4) is 0 Å². The first kappa shape index (κ1) is 22.7. The molecule has 1 aromatic heterocycles. The summed E-state index contributed by atoms with van der Waals surface area (Å²) in [6.45, 7) is 6.23. The zero-order valence-corrected chi connectivity index (χ0v) is 21.1. The minimum absolute atomic E-state index is 0.0548. The number of benzene rings is 3. The van der Waals surface area contributed by atoms with E-state index in [9.17, 15) is 4.79 Å². The van der Waals surface area contributed by atoms with E-state index in [1.807, 2.05) is 47.4 Å². The molecule has 1 aliphatic heterocycles. The zero-order valence-electron chi connectivity index (χ0n) is 19.5. The Kier molecular flexibility index (Phi) is 6.42. The van der Waals surface area contributed by atoms with Crippen LogP contribution in [0.25, 0.3) is 11.0 Å². The lowest BCUT2D eigenvalue weighted by Crippen LogP contribution is -2.24. The summed E-state index contributed by atoms with van der Waals surface area (Å²) < 4.78 is 9.30. The van der Waals surface area contributed by atoms with E-state index in [2.05, 4.69) is 58.6 Å². The van der Waals surface area contributed by atoms with Gasteiger partial charge in [-0.1, -0.05) is 40.2 Å². The normalized spacial score (nSPS) is 15.9. The van der Waals surface area contributed by atoms with Crippen molar-refractivity contribution in [2.24, 2.45) is 0 Å². The van der Waals surface area contributed by atoms with Crippen molar-refractivity contribution in [1.82, 2.24) is 9.55 Å².